The van der Waals surface area contributed by atoms with Gasteiger partial charge in [-0.1, -0.05) is 6.07 Å². The van der Waals surface area contributed by atoms with Crippen LogP contribution in [0.25, 0.3) is 0 Å². The van der Waals surface area contributed by atoms with Gasteiger partial charge in [0, 0.05) is 13.2 Å². The summed E-state index contributed by atoms with van der Waals surface area (Å²) in [6.07, 6.45) is 1.65. The van der Waals surface area contributed by atoms with Crippen molar-refractivity contribution in [3.63, 3.8) is 0 Å². The van der Waals surface area contributed by atoms with Crippen molar-refractivity contribution in [3.8, 4) is 5.75 Å². The molecule has 1 aliphatic carbocycles. The van der Waals surface area contributed by atoms with E-state index < -0.39 is 6.10 Å². The first-order valence-electron chi connectivity index (χ1n) is 6.34. The van der Waals surface area contributed by atoms with Crippen LogP contribution in [-0.2, 0) is 11.2 Å². The van der Waals surface area contributed by atoms with Gasteiger partial charge in [0.15, 0.2) is 0 Å². The molecule has 0 saturated carbocycles. The number of nitrogens with one attached hydrogen (secondary N) is 1. The molecule has 0 amide bonds. The molecule has 1 aromatic carbocycles. The Balaban J connectivity index is 1.96. The lowest BCUT2D eigenvalue weighted by molar-refractivity contribution is 0.0325. The average Bonchev–Trinajstić information content (AvgIpc) is 2.79. The molecular formula is C14H21NO3. The molecule has 18 heavy (non-hydrogen) atoms. The number of rotatable bonds is 6. The summed E-state index contributed by atoms with van der Waals surface area (Å²) in [6.45, 7) is 0.564. The quantitative estimate of drug-likeness (QED) is 0.799. The minimum absolute atomic E-state index is 0.266. The summed E-state index contributed by atoms with van der Waals surface area (Å²) < 4.78 is 10.4. The van der Waals surface area contributed by atoms with Crippen LogP contribution < -0.4 is 10.1 Å². The fraction of sp³-hybridized carbons (Fsp3) is 0.571. The second-order valence-electron chi connectivity index (χ2n) is 4.66. The first kappa shape index (κ1) is 13.3. The van der Waals surface area contributed by atoms with Gasteiger partial charge in [0.2, 0.25) is 0 Å². The van der Waals surface area contributed by atoms with Crippen LogP contribution in [0.2, 0.25) is 0 Å². The largest absolute Gasteiger partial charge is 0.491 e. The number of aryl methyl sites for hydroxylation is 1. The molecule has 0 bridgehead atoms. The van der Waals surface area contributed by atoms with E-state index in [-0.39, 0.29) is 6.61 Å². The summed E-state index contributed by atoms with van der Waals surface area (Å²) in [6, 6.07) is 6.62. The third-order valence-electron chi connectivity index (χ3n) is 3.34. The predicted octanol–water partition coefficient (Wildman–Crippen LogP) is 1.28. The summed E-state index contributed by atoms with van der Waals surface area (Å²) in [5.41, 5.74) is 2.70. The van der Waals surface area contributed by atoms with Gasteiger partial charge in [-0.3, -0.25) is 0 Å². The van der Waals surface area contributed by atoms with Gasteiger partial charge in [0.25, 0.3) is 0 Å². The molecule has 0 radical (unpaired) electrons. The molecule has 1 aliphatic rings. The fourth-order valence-electron chi connectivity index (χ4n) is 2.42. The molecule has 100 valence electrons. The maximum Gasteiger partial charge on any atom is 0.119 e. The minimum atomic E-state index is -0.576. The lowest BCUT2D eigenvalue weighted by atomic mass is 10.1. The maximum absolute atomic E-state index is 9.52. The third kappa shape index (κ3) is 3.02. The van der Waals surface area contributed by atoms with E-state index in [2.05, 4.69) is 17.4 Å². The fourth-order valence-corrected chi connectivity index (χ4v) is 2.42. The zero-order valence-electron chi connectivity index (χ0n) is 11.0. The summed E-state index contributed by atoms with van der Waals surface area (Å²) in [7, 11) is 3.56. The SMILES string of the molecule is CNC1CCc2cc(OCC(O)COC)ccc21. The van der Waals surface area contributed by atoms with Gasteiger partial charge in [-0.25, -0.2) is 0 Å². The van der Waals surface area contributed by atoms with E-state index in [9.17, 15) is 5.11 Å². The Morgan fingerprint density at radius 2 is 2.28 bits per heavy atom. The van der Waals surface area contributed by atoms with Crippen LogP contribution >= 0.6 is 0 Å². The van der Waals surface area contributed by atoms with Crippen LogP contribution in [-0.4, -0.2) is 38.6 Å². The summed E-state index contributed by atoms with van der Waals surface area (Å²) >= 11 is 0. The van der Waals surface area contributed by atoms with Gasteiger partial charge in [-0.05, 0) is 43.1 Å². The van der Waals surface area contributed by atoms with E-state index in [1.165, 1.54) is 11.1 Å². The van der Waals surface area contributed by atoms with Gasteiger partial charge >= 0.3 is 0 Å². The molecule has 2 rings (SSSR count). The zero-order chi connectivity index (χ0) is 13.0. The highest BCUT2D eigenvalue weighted by Crippen LogP contribution is 2.33. The van der Waals surface area contributed by atoms with Crippen molar-refractivity contribution in [1.82, 2.24) is 5.32 Å². The number of benzene rings is 1. The Bertz CT molecular complexity index is 395. The van der Waals surface area contributed by atoms with E-state index in [0.29, 0.717) is 12.6 Å². The predicted molar refractivity (Wildman–Crippen MR) is 69.9 cm³/mol. The molecule has 0 spiro atoms. The number of methoxy groups -OCH3 is 1. The molecule has 2 atom stereocenters. The van der Waals surface area contributed by atoms with Crippen molar-refractivity contribution in [2.45, 2.75) is 25.0 Å². The highest BCUT2D eigenvalue weighted by atomic mass is 16.5. The van der Waals surface area contributed by atoms with Crippen molar-refractivity contribution >= 4 is 0 Å². The van der Waals surface area contributed by atoms with Crippen molar-refractivity contribution in [3.05, 3.63) is 29.3 Å². The molecule has 0 heterocycles. The van der Waals surface area contributed by atoms with Crippen LogP contribution in [0.1, 0.15) is 23.6 Å². The number of fused-ring (bicyclic) bond motifs is 1. The number of hydrogen-bond donors (Lipinski definition) is 2. The van der Waals surface area contributed by atoms with Crippen molar-refractivity contribution in [2.75, 3.05) is 27.4 Å². The van der Waals surface area contributed by atoms with E-state index in [4.69, 9.17) is 9.47 Å². The number of aliphatic hydroxyl groups excluding tert-OH is 1. The average molecular weight is 251 g/mol. The van der Waals surface area contributed by atoms with Crippen LogP contribution in [0.15, 0.2) is 18.2 Å². The third-order valence-corrected chi connectivity index (χ3v) is 3.34. The maximum atomic E-state index is 9.52. The molecule has 4 nitrogen and oxygen atoms in total. The second-order valence-corrected chi connectivity index (χ2v) is 4.66. The zero-order valence-corrected chi connectivity index (χ0v) is 11.0. The normalized spacial score (nSPS) is 19.6. The van der Waals surface area contributed by atoms with Crippen LogP contribution in [0, 0.1) is 0 Å². The van der Waals surface area contributed by atoms with Gasteiger partial charge in [0.05, 0.1) is 6.61 Å². The Labute approximate surface area is 108 Å². The minimum Gasteiger partial charge on any atom is -0.491 e. The van der Waals surface area contributed by atoms with Crippen LogP contribution in [0.3, 0.4) is 0 Å². The topological polar surface area (TPSA) is 50.7 Å². The van der Waals surface area contributed by atoms with Crippen molar-refractivity contribution in [1.29, 1.82) is 0 Å². The van der Waals surface area contributed by atoms with Gasteiger partial charge in [0.1, 0.15) is 18.5 Å². The Hall–Kier alpha value is -1.10. The van der Waals surface area contributed by atoms with Crippen LogP contribution in [0.5, 0.6) is 5.75 Å². The monoisotopic (exact) mass is 251 g/mol. The molecule has 0 aliphatic heterocycles. The summed E-state index contributed by atoms with van der Waals surface area (Å²) in [5, 5.41) is 12.8. The highest BCUT2D eigenvalue weighted by molar-refractivity contribution is 5.40. The Morgan fingerprint density at radius 3 is 3.00 bits per heavy atom. The molecule has 0 fully saturated rings. The lowest BCUT2D eigenvalue weighted by Gasteiger charge is -2.13. The standard InChI is InChI=1S/C14H21NO3/c1-15-14-6-3-10-7-12(4-5-13(10)14)18-9-11(16)8-17-2/h4-5,7,11,14-16H,3,6,8-9H2,1-2H3. The van der Waals surface area contributed by atoms with E-state index in [0.717, 1.165) is 18.6 Å². The summed E-state index contributed by atoms with van der Waals surface area (Å²) in [4.78, 5) is 0. The van der Waals surface area contributed by atoms with E-state index in [1.54, 1.807) is 7.11 Å². The van der Waals surface area contributed by atoms with Gasteiger partial charge in [-0.2, -0.15) is 0 Å². The van der Waals surface area contributed by atoms with Crippen LogP contribution in [0.4, 0.5) is 0 Å². The summed E-state index contributed by atoms with van der Waals surface area (Å²) in [5.74, 6) is 0.820. The number of hydrogen-bond acceptors (Lipinski definition) is 4. The van der Waals surface area contributed by atoms with Crippen molar-refractivity contribution in [2.24, 2.45) is 0 Å². The highest BCUT2D eigenvalue weighted by Gasteiger charge is 2.21. The number of aliphatic hydroxyl groups is 1. The van der Waals surface area contributed by atoms with E-state index in [1.807, 2.05) is 13.1 Å². The second kappa shape index (κ2) is 6.18. The smallest absolute Gasteiger partial charge is 0.119 e. The Kier molecular flexibility index (Phi) is 4.58. The molecule has 4 heteroatoms. The molecule has 2 N–H and O–H groups in total. The molecular weight excluding hydrogens is 230 g/mol. The first-order chi connectivity index (χ1) is 8.74. The lowest BCUT2D eigenvalue weighted by Crippen LogP contribution is -2.22. The molecule has 2 unspecified atom stereocenters. The molecule has 1 aromatic rings. The van der Waals surface area contributed by atoms with Gasteiger partial charge in [-0.15, -0.1) is 0 Å². The first-order valence-corrected chi connectivity index (χ1v) is 6.34. The van der Waals surface area contributed by atoms with Crippen molar-refractivity contribution < 1.29 is 14.6 Å². The molecule has 0 saturated heterocycles. The van der Waals surface area contributed by atoms with Gasteiger partial charge < -0.3 is 19.9 Å². The number of ether oxygens (including phenoxy) is 2. The Morgan fingerprint density at radius 1 is 1.44 bits per heavy atom. The molecule has 0 aromatic heterocycles. The van der Waals surface area contributed by atoms with E-state index >= 15 is 0 Å².